The number of benzene rings is 1. The Hall–Kier alpha value is -2.35. The molecule has 138 valence electrons. The lowest BCUT2D eigenvalue weighted by molar-refractivity contribution is -0.118. The molecule has 0 spiro atoms. The van der Waals surface area contributed by atoms with Crippen LogP contribution in [0.1, 0.15) is 46.9 Å². The molecule has 3 rings (SSSR count). The summed E-state index contributed by atoms with van der Waals surface area (Å²) < 4.78 is 7.22. The average molecular weight is 374 g/mol. The molecule has 1 aromatic heterocycles. The number of carbonyl (C=O) groups is 2. The second-order valence-electron chi connectivity index (χ2n) is 6.40. The standard InChI is InChI=1S/C18H22N4O3S/c1-11-3-6-15(25-2)13(9-11)14(23)10-26-18-21-20-17(12-4-5-12)22(18)8-7-16(19)24/h3,6,9,12H,4-5,7-8,10H2,1-2H3,(H2,19,24). The van der Waals surface area contributed by atoms with Gasteiger partial charge < -0.3 is 15.0 Å². The molecule has 0 atom stereocenters. The zero-order valence-electron chi connectivity index (χ0n) is 14.9. The SMILES string of the molecule is COc1ccc(C)cc1C(=O)CSc1nnc(C2CC2)n1CCC(N)=O. The van der Waals surface area contributed by atoms with Gasteiger partial charge in [-0.3, -0.25) is 9.59 Å². The highest BCUT2D eigenvalue weighted by Gasteiger charge is 2.30. The van der Waals surface area contributed by atoms with Gasteiger partial charge >= 0.3 is 0 Å². The van der Waals surface area contributed by atoms with E-state index in [1.165, 1.54) is 11.8 Å². The molecular weight excluding hydrogens is 352 g/mol. The van der Waals surface area contributed by atoms with Crippen molar-refractivity contribution in [2.45, 2.75) is 43.8 Å². The van der Waals surface area contributed by atoms with Gasteiger partial charge in [-0.2, -0.15) is 0 Å². The van der Waals surface area contributed by atoms with E-state index in [1.54, 1.807) is 13.2 Å². The number of aromatic nitrogens is 3. The molecule has 8 heteroatoms. The number of nitrogens with two attached hydrogens (primary N) is 1. The van der Waals surface area contributed by atoms with Crippen LogP contribution in [0.25, 0.3) is 0 Å². The number of ether oxygens (including phenoxy) is 1. The molecule has 0 unspecified atom stereocenters. The first kappa shape index (κ1) is 18.4. The van der Waals surface area contributed by atoms with Crippen LogP contribution in [0.15, 0.2) is 23.4 Å². The first-order chi connectivity index (χ1) is 12.5. The van der Waals surface area contributed by atoms with Gasteiger partial charge in [-0.25, -0.2) is 0 Å². The summed E-state index contributed by atoms with van der Waals surface area (Å²) in [5.74, 6) is 1.67. The van der Waals surface area contributed by atoms with Crippen molar-refractivity contribution in [3.8, 4) is 5.75 Å². The van der Waals surface area contributed by atoms with Gasteiger partial charge in [0.2, 0.25) is 5.91 Å². The number of primary amides is 1. The Balaban J connectivity index is 1.74. The Morgan fingerprint density at radius 2 is 2.12 bits per heavy atom. The van der Waals surface area contributed by atoms with Crippen LogP contribution in [-0.2, 0) is 11.3 Å². The molecule has 0 saturated heterocycles. The number of methoxy groups -OCH3 is 1. The zero-order chi connectivity index (χ0) is 18.7. The summed E-state index contributed by atoms with van der Waals surface area (Å²) in [5.41, 5.74) is 6.84. The predicted octanol–water partition coefficient (Wildman–Crippen LogP) is 2.32. The van der Waals surface area contributed by atoms with Gasteiger partial charge in [0, 0.05) is 18.9 Å². The minimum Gasteiger partial charge on any atom is -0.496 e. The van der Waals surface area contributed by atoms with Gasteiger partial charge in [0.05, 0.1) is 18.4 Å². The molecule has 1 saturated carbocycles. The Morgan fingerprint density at radius 3 is 2.77 bits per heavy atom. The van der Waals surface area contributed by atoms with E-state index in [0.717, 1.165) is 24.2 Å². The number of hydrogen-bond acceptors (Lipinski definition) is 6. The highest BCUT2D eigenvalue weighted by atomic mass is 32.2. The minimum absolute atomic E-state index is 0.0343. The number of amides is 1. The van der Waals surface area contributed by atoms with Gasteiger partial charge in [-0.15, -0.1) is 10.2 Å². The molecule has 0 radical (unpaired) electrons. The van der Waals surface area contributed by atoms with Crippen molar-refractivity contribution in [3.05, 3.63) is 35.2 Å². The Kier molecular flexibility index (Phi) is 5.61. The normalized spacial score (nSPS) is 13.6. The summed E-state index contributed by atoms with van der Waals surface area (Å²) in [5, 5.41) is 9.13. The van der Waals surface area contributed by atoms with Crippen molar-refractivity contribution in [2.75, 3.05) is 12.9 Å². The second kappa shape index (κ2) is 7.90. The van der Waals surface area contributed by atoms with Crippen LogP contribution in [0.2, 0.25) is 0 Å². The van der Waals surface area contributed by atoms with E-state index in [-0.39, 0.29) is 23.9 Å². The van der Waals surface area contributed by atoms with E-state index >= 15 is 0 Å². The van der Waals surface area contributed by atoms with Crippen molar-refractivity contribution >= 4 is 23.5 Å². The van der Waals surface area contributed by atoms with Crippen molar-refractivity contribution in [2.24, 2.45) is 5.73 Å². The van der Waals surface area contributed by atoms with Gasteiger partial charge in [0.15, 0.2) is 10.9 Å². The van der Waals surface area contributed by atoms with Crippen LogP contribution in [0.5, 0.6) is 5.75 Å². The summed E-state index contributed by atoms with van der Waals surface area (Å²) in [6, 6.07) is 5.54. The highest BCUT2D eigenvalue weighted by Crippen LogP contribution is 2.40. The van der Waals surface area contributed by atoms with E-state index in [2.05, 4.69) is 10.2 Å². The molecule has 1 aliphatic carbocycles. The summed E-state index contributed by atoms with van der Waals surface area (Å²) >= 11 is 1.32. The monoisotopic (exact) mass is 374 g/mol. The molecule has 2 aromatic rings. The zero-order valence-corrected chi connectivity index (χ0v) is 15.7. The number of rotatable bonds is 9. The summed E-state index contributed by atoms with van der Waals surface area (Å²) in [7, 11) is 1.55. The van der Waals surface area contributed by atoms with E-state index in [4.69, 9.17) is 10.5 Å². The lowest BCUT2D eigenvalue weighted by Crippen LogP contribution is -2.16. The van der Waals surface area contributed by atoms with Crippen molar-refractivity contribution in [3.63, 3.8) is 0 Å². The second-order valence-corrected chi connectivity index (χ2v) is 7.34. The molecule has 1 aliphatic rings. The smallest absolute Gasteiger partial charge is 0.219 e. The lowest BCUT2D eigenvalue weighted by atomic mass is 10.1. The summed E-state index contributed by atoms with van der Waals surface area (Å²) in [6.45, 7) is 2.38. The maximum Gasteiger partial charge on any atom is 0.219 e. The number of carbonyl (C=O) groups excluding carboxylic acids is 2. The Morgan fingerprint density at radius 1 is 1.35 bits per heavy atom. The summed E-state index contributed by atoms with van der Waals surface area (Å²) in [6.07, 6.45) is 2.39. The maximum absolute atomic E-state index is 12.6. The van der Waals surface area contributed by atoms with Gasteiger partial charge in [-0.1, -0.05) is 23.4 Å². The number of thioether (sulfide) groups is 1. The molecule has 1 fully saturated rings. The van der Waals surface area contributed by atoms with Crippen LogP contribution in [0.4, 0.5) is 0 Å². The number of hydrogen-bond donors (Lipinski definition) is 1. The Labute approximate surface area is 156 Å². The van der Waals surface area contributed by atoms with Crippen LogP contribution in [0.3, 0.4) is 0 Å². The molecule has 2 N–H and O–H groups in total. The minimum atomic E-state index is -0.364. The van der Waals surface area contributed by atoms with Gasteiger partial charge in [0.1, 0.15) is 11.6 Å². The topological polar surface area (TPSA) is 100 Å². The predicted molar refractivity (Wildman–Crippen MR) is 98.6 cm³/mol. The molecule has 26 heavy (non-hydrogen) atoms. The first-order valence-electron chi connectivity index (χ1n) is 8.51. The molecule has 1 aromatic carbocycles. The highest BCUT2D eigenvalue weighted by molar-refractivity contribution is 7.99. The third-order valence-electron chi connectivity index (χ3n) is 4.26. The number of Topliss-reactive ketones (excluding diaryl/α,β-unsaturated/α-hetero) is 1. The number of aryl methyl sites for hydroxylation is 1. The molecule has 1 amide bonds. The fraction of sp³-hybridized carbons (Fsp3) is 0.444. The van der Waals surface area contributed by atoms with Gasteiger partial charge in [0.25, 0.3) is 0 Å². The van der Waals surface area contributed by atoms with E-state index in [9.17, 15) is 9.59 Å². The van der Waals surface area contributed by atoms with Crippen LogP contribution < -0.4 is 10.5 Å². The number of ketones is 1. The summed E-state index contributed by atoms with van der Waals surface area (Å²) in [4.78, 5) is 23.8. The van der Waals surface area contributed by atoms with Crippen LogP contribution in [0, 0.1) is 6.92 Å². The molecule has 7 nitrogen and oxygen atoms in total. The number of nitrogens with zero attached hydrogens (tertiary/aromatic N) is 3. The van der Waals surface area contributed by atoms with Crippen LogP contribution in [-0.4, -0.2) is 39.3 Å². The molecular formula is C18H22N4O3S. The molecule has 0 bridgehead atoms. The van der Waals surface area contributed by atoms with E-state index in [1.807, 2.05) is 23.6 Å². The van der Waals surface area contributed by atoms with Crippen molar-refractivity contribution in [1.29, 1.82) is 0 Å². The first-order valence-corrected chi connectivity index (χ1v) is 9.50. The van der Waals surface area contributed by atoms with Crippen molar-refractivity contribution < 1.29 is 14.3 Å². The van der Waals surface area contributed by atoms with Crippen LogP contribution >= 0.6 is 11.8 Å². The fourth-order valence-corrected chi connectivity index (χ4v) is 3.58. The Bertz CT molecular complexity index is 830. The van der Waals surface area contributed by atoms with E-state index in [0.29, 0.717) is 28.9 Å². The largest absolute Gasteiger partial charge is 0.496 e. The average Bonchev–Trinajstić information content (AvgIpc) is 3.38. The third kappa shape index (κ3) is 4.24. The lowest BCUT2D eigenvalue weighted by Gasteiger charge is -2.10. The molecule has 0 aliphatic heterocycles. The maximum atomic E-state index is 12.6. The van der Waals surface area contributed by atoms with Gasteiger partial charge in [-0.05, 0) is 31.9 Å². The van der Waals surface area contributed by atoms with Crippen molar-refractivity contribution in [1.82, 2.24) is 14.8 Å². The molecule has 1 heterocycles. The third-order valence-corrected chi connectivity index (χ3v) is 5.22. The quantitative estimate of drug-likeness (QED) is 0.534. The van der Waals surface area contributed by atoms with E-state index < -0.39 is 0 Å². The fourth-order valence-electron chi connectivity index (χ4n) is 2.73.